The smallest absolute Gasteiger partial charge is 0.392 e. The molecule has 0 aliphatic rings. The fraction of sp³-hybridized carbons (Fsp3) is 1.00. The molecular weight excluding hydrogens is 109 g/mol. The number of rotatable bonds is 3. The van der Waals surface area contributed by atoms with Gasteiger partial charge in [0.05, 0.1) is 0 Å². The van der Waals surface area contributed by atoms with E-state index in [1.807, 2.05) is 0 Å². The molecule has 0 N–H and O–H groups in total. The van der Waals surface area contributed by atoms with Crippen molar-refractivity contribution < 1.29 is 4.39 Å². The molecule has 0 saturated heterocycles. The topological polar surface area (TPSA) is 0 Å². The zero-order valence-electron chi connectivity index (χ0n) is 7.44. The molecule has 0 fully saturated rings. The second-order valence-corrected chi connectivity index (χ2v) is 3.99. The van der Waals surface area contributed by atoms with Gasteiger partial charge in [-0.2, -0.15) is 0 Å². The Balaban J connectivity index is 3.47. The highest BCUT2D eigenvalue weighted by molar-refractivity contribution is 6.28. The maximum atomic E-state index is 2.31. The Labute approximate surface area is 59.9 Å². The molecule has 1 nitrogen and oxygen atoms in total. The van der Waals surface area contributed by atoms with Crippen LogP contribution in [0.3, 0.4) is 0 Å². The minimum Gasteiger partial charge on any atom is -0.404 e. The fourth-order valence-electron chi connectivity index (χ4n) is 1.06. The van der Waals surface area contributed by atoms with E-state index in [4.69, 9.17) is 0 Å². The zero-order chi connectivity index (χ0) is 7.49. The lowest BCUT2D eigenvalue weighted by Gasteiger charge is -2.25. The van der Waals surface area contributed by atoms with Crippen LogP contribution in [0.4, 0.5) is 0 Å². The third-order valence-electron chi connectivity index (χ3n) is 1.56. The second-order valence-electron chi connectivity index (χ2n) is 3.99. The molecule has 0 amide bonds. The van der Waals surface area contributed by atoms with Crippen molar-refractivity contribution in [1.29, 1.82) is 0 Å². The van der Waals surface area contributed by atoms with Gasteiger partial charge in [-0.15, -0.1) is 0 Å². The first-order valence-electron chi connectivity index (χ1n) is 3.76. The Hall–Kier alpha value is 0.0249. The molecule has 0 aromatic rings. The van der Waals surface area contributed by atoms with Crippen molar-refractivity contribution in [2.45, 2.75) is 26.1 Å². The van der Waals surface area contributed by atoms with E-state index in [1.54, 1.807) is 0 Å². The average Bonchev–Trinajstić information content (AvgIpc) is 1.62. The molecule has 0 radical (unpaired) electrons. The summed E-state index contributed by atoms with van der Waals surface area (Å²) >= 11 is 0. The van der Waals surface area contributed by atoms with Gasteiger partial charge in [0.25, 0.3) is 0 Å². The summed E-state index contributed by atoms with van der Waals surface area (Å²) in [4.78, 5) is 0. The highest BCUT2D eigenvalue weighted by Crippen LogP contribution is 2.08. The third kappa shape index (κ3) is 5.90. The molecule has 0 aliphatic heterocycles. The van der Waals surface area contributed by atoms with Crippen molar-refractivity contribution >= 4 is 7.41 Å². The quantitative estimate of drug-likeness (QED) is 0.502. The molecule has 0 rings (SSSR count). The summed E-state index contributed by atoms with van der Waals surface area (Å²) < 4.78 is 1.09. The van der Waals surface area contributed by atoms with Gasteiger partial charge < -0.3 is 4.39 Å². The van der Waals surface area contributed by atoms with E-state index in [0.29, 0.717) is 0 Å². The number of hydrogen-bond donors (Lipinski definition) is 0. The Bertz CT molecular complexity index is 75.5. The van der Waals surface area contributed by atoms with E-state index in [0.717, 1.165) is 10.2 Å². The molecule has 1 unspecified atom stereocenters. The van der Waals surface area contributed by atoms with Crippen LogP contribution in [0.2, 0.25) is 5.82 Å². The van der Waals surface area contributed by atoms with Crippen molar-refractivity contribution in [1.82, 2.24) is 0 Å². The van der Waals surface area contributed by atoms with E-state index >= 15 is 0 Å². The van der Waals surface area contributed by atoms with Crippen LogP contribution < -0.4 is 0 Å². The number of quaternary nitrogens is 1. The Kier molecular flexibility index (Phi) is 3.27. The number of nitrogens with zero attached hydrogens (tertiary/aromatic N) is 1. The molecule has 0 aromatic heterocycles. The fourth-order valence-corrected chi connectivity index (χ4v) is 1.06. The average molecular weight is 128 g/mol. The van der Waals surface area contributed by atoms with Crippen molar-refractivity contribution in [2.75, 3.05) is 21.1 Å². The Morgan fingerprint density at radius 1 is 1.33 bits per heavy atom. The molecule has 1 atom stereocenters. The Morgan fingerprint density at radius 2 is 1.78 bits per heavy atom. The van der Waals surface area contributed by atoms with E-state index in [2.05, 4.69) is 35.0 Å². The van der Waals surface area contributed by atoms with Crippen LogP contribution in [0, 0.1) is 0 Å². The van der Waals surface area contributed by atoms with Gasteiger partial charge in [-0.3, -0.25) is 0 Å². The maximum Gasteiger partial charge on any atom is 0.392 e. The molecular formula is C7H19BN+. The Morgan fingerprint density at radius 3 is 1.89 bits per heavy atom. The van der Waals surface area contributed by atoms with Crippen LogP contribution in [0.15, 0.2) is 0 Å². The monoisotopic (exact) mass is 128 g/mol. The molecule has 54 valence electrons. The molecule has 0 aromatic carbocycles. The van der Waals surface area contributed by atoms with E-state index in [-0.39, 0.29) is 0 Å². The normalized spacial score (nSPS) is 15.2. The van der Waals surface area contributed by atoms with Crippen LogP contribution in [0.5, 0.6) is 0 Å². The summed E-state index contributed by atoms with van der Waals surface area (Å²) in [5, 5.41) is 0. The predicted molar refractivity (Wildman–Crippen MR) is 44.9 cm³/mol. The molecule has 0 heterocycles. The van der Waals surface area contributed by atoms with Crippen LogP contribution in [-0.2, 0) is 0 Å². The molecule has 0 aliphatic carbocycles. The lowest BCUT2D eigenvalue weighted by Crippen LogP contribution is -2.40. The van der Waals surface area contributed by atoms with Gasteiger partial charge >= 0.3 is 7.41 Å². The van der Waals surface area contributed by atoms with Gasteiger partial charge in [0.15, 0.2) is 0 Å². The van der Waals surface area contributed by atoms with Crippen LogP contribution in [0.25, 0.3) is 0 Å². The minimum absolute atomic E-state index is 0.866. The van der Waals surface area contributed by atoms with Gasteiger partial charge in [-0.05, 0) is 5.82 Å². The summed E-state index contributed by atoms with van der Waals surface area (Å²) in [6, 6.07) is 0. The van der Waals surface area contributed by atoms with Gasteiger partial charge in [0.1, 0.15) is 0 Å². The lowest BCUT2D eigenvalue weighted by atomic mass is 9.72. The predicted octanol–water partition coefficient (Wildman–Crippen LogP) is 1.26. The summed E-state index contributed by atoms with van der Waals surface area (Å²) in [6.07, 6.45) is 1.30. The van der Waals surface area contributed by atoms with E-state index in [1.165, 1.54) is 13.8 Å². The van der Waals surface area contributed by atoms with Crippen LogP contribution >= 0.6 is 0 Å². The largest absolute Gasteiger partial charge is 0.404 e. The summed E-state index contributed by atoms with van der Waals surface area (Å²) in [6.45, 7) is 4.56. The standard InChI is InChI=1S/C7H19BN/c1-6-7(2)8-9(3,4)5/h7-8H,6H2,1-5H3/q+1. The molecule has 2 heteroatoms. The third-order valence-corrected chi connectivity index (χ3v) is 1.56. The van der Waals surface area contributed by atoms with Crippen LogP contribution in [-0.4, -0.2) is 33.0 Å². The minimum atomic E-state index is 0.866. The van der Waals surface area contributed by atoms with E-state index in [9.17, 15) is 0 Å². The molecule has 0 spiro atoms. The summed E-state index contributed by atoms with van der Waals surface area (Å²) in [5.74, 6) is 0.866. The van der Waals surface area contributed by atoms with Crippen molar-refractivity contribution in [2.24, 2.45) is 0 Å². The SMILES string of the molecule is CCC(C)B[N+](C)(C)C. The highest BCUT2D eigenvalue weighted by atomic mass is 15.2. The summed E-state index contributed by atoms with van der Waals surface area (Å²) in [5.41, 5.74) is 0. The highest BCUT2D eigenvalue weighted by Gasteiger charge is 2.16. The van der Waals surface area contributed by atoms with Gasteiger partial charge in [-0.1, -0.05) is 20.3 Å². The second kappa shape index (κ2) is 3.26. The van der Waals surface area contributed by atoms with E-state index < -0.39 is 0 Å². The van der Waals surface area contributed by atoms with Crippen LogP contribution in [0.1, 0.15) is 20.3 Å². The maximum absolute atomic E-state index is 2.31. The lowest BCUT2D eigenvalue weighted by molar-refractivity contribution is -0.756. The van der Waals surface area contributed by atoms with Crippen molar-refractivity contribution in [3.05, 3.63) is 0 Å². The van der Waals surface area contributed by atoms with Crippen molar-refractivity contribution in [3.8, 4) is 0 Å². The first-order valence-corrected chi connectivity index (χ1v) is 3.76. The first-order chi connectivity index (χ1) is 3.95. The molecule has 0 bridgehead atoms. The van der Waals surface area contributed by atoms with Gasteiger partial charge in [0.2, 0.25) is 0 Å². The van der Waals surface area contributed by atoms with Crippen molar-refractivity contribution in [3.63, 3.8) is 0 Å². The molecule has 9 heavy (non-hydrogen) atoms. The summed E-state index contributed by atoms with van der Waals surface area (Å²) in [7, 11) is 8.01. The zero-order valence-corrected chi connectivity index (χ0v) is 7.44. The first kappa shape index (κ1) is 9.02. The number of hydrogen-bond acceptors (Lipinski definition) is 0. The van der Waals surface area contributed by atoms with Gasteiger partial charge in [-0.25, -0.2) is 0 Å². The molecule has 0 saturated carbocycles. The van der Waals surface area contributed by atoms with Gasteiger partial charge in [0, 0.05) is 21.1 Å².